The van der Waals surface area contributed by atoms with Crippen LogP contribution in [0.15, 0.2) is 59.0 Å². The summed E-state index contributed by atoms with van der Waals surface area (Å²) in [4.78, 5) is 15.0. The van der Waals surface area contributed by atoms with Gasteiger partial charge in [0.25, 0.3) is 0 Å². The number of ether oxygens (including phenoxy) is 2. The molecule has 2 aromatic carbocycles. The number of rotatable bonds is 8. The van der Waals surface area contributed by atoms with Crippen molar-refractivity contribution in [1.82, 2.24) is 4.98 Å². The lowest BCUT2D eigenvalue weighted by Crippen LogP contribution is -2.04. The largest absolute Gasteiger partial charge is 0.493 e. The fraction of sp³-hybridized carbons (Fsp3) is 0.182. The van der Waals surface area contributed by atoms with E-state index in [9.17, 15) is 4.79 Å². The minimum Gasteiger partial charge on any atom is -0.493 e. The molecule has 0 bridgehead atoms. The summed E-state index contributed by atoms with van der Waals surface area (Å²) in [6.07, 6.45) is 4.51. The van der Waals surface area contributed by atoms with Gasteiger partial charge in [0.05, 0.1) is 19.4 Å². The van der Waals surface area contributed by atoms with E-state index < -0.39 is 0 Å². The number of hydrogen-bond acceptors (Lipinski definition) is 5. The summed E-state index contributed by atoms with van der Waals surface area (Å²) in [5, 5.41) is 0. The molecule has 1 heterocycles. The predicted octanol–water partition coefficient (Wildman–Crippen LogP) is 4.49. The molecule has 0 spiro atoms. The average Bonchev–Trinajstić information content (AvgIpc) is 3.08. The third-order valence-corrected chi connectivity index (χ3v) is 4.06. The lowest BCUT2D eigenvalue weighted by Gasteiger charge is -2.11. The van der Waals surface area contributed by atoms with E-state index in [-0.39, 0.29) is 0 Å². The van der Waals surface area contributed by atoms with Gasteiger partial charge in [0.1, 0.15) is 12.0 Å². The van der Waals surface area contributed by atoms with Crippen LogP contribution in [0.1, 0.15) is 17.0 Å². The van der Waals surface area contributed by atoms with Crippen molar-refractivity contribution >= 4 is 12.4 Å². The van der Waals surface area contributed by atoms with Crippen molar-refractivity contribution in [3.63, 3.8) is 0 Å². The SMILES string of the molecule is COc1cc(/C=C/C=O)ccc1OCCc1nc(-c2ccccc2)oc1C. The van der Waals surface area contributed by atoms with E-state index in [1.165, 1.54) is 6.08 Å². The Bertz CT molecular complexity index is 929. The van der Waals surface area contributed by atoms with E-state index in [0.29, 0.717) is 30.4 Å². The number of allylic oxidation sites excluding steroid dienone is 1. The second-order valence-electron chi connectivity index (χ2n) is 5.89. The molecule has 1 aromatic heterocycles. The van der Waals surface area contributed by atoms with E-state index in [1.54, 1.807) is 13.2 Å². The Morgan fingerprint density at radius 1 is 1.11 bits per heavy atom. The smallest absolute Gasteiger partial charge is 0.226 e. The monoisotopic (exact) mass is 363 g/mol. The molecule has 0 radical (unpaired) electrons. The van der Waals surface area contributed by atoms with Crippen molar-refractivity contribution in [1.29, 1.82) is 0 Å². The first-order valence-corrected chi connectivity index (χ1v) is 8.65. The standard InChI is InChI=1S/C22H21NO4/c1-16-19(23-22(27-16)18-8-4-3-5-9-18)12-14-26-20-11-10-17(7-6-13-24)15-21(20)25-2/h3-11,13,15H,12,14H2,1-2H3/b7-6+. The Balaban J connectivity index is 1.65. The van der Waals surface area contributed by atoms with E-state index in [2.05, 4.69) is 4.98 Å². The molecule has 0 aliphatic rings. The van der Waals surface area contributed by atoms with Gasteiger partial charge >= 0.3 is 0 Å². The van der Waals surface area contributed by atoms with Crippen LogP contribution in [0.2, 0.25) is 0 Å². The molecular weight excluding hydrogens is 342 g/mol. The highest BCUT2D eigenvalue weighted by atomic mass is 16.5. The highest BCUT2D eigenvalue weighted by molar-refractivity contribution is 5.74. The molecular formula is C22H21NO4. The van der Waals surface area contributed by atoms with Crippen LogP contribution in [0, 0.1) is 6.92 Å². The van der Waals surface area contributed by atoms with Crippen LogP contribution in [0.3, 0.4) is 0 Å². The van der Waals surface area contributed by atoms with Gasteiger partial charge in [-0.15, -0.1) is 0 Å². The normalized spacial score (nSPS) is 10.9. The lowest BCUT2D eigenvalue weighted by atomic mass is 10.2. The zero-order valence-electron chi connectivity index (χ0n) is 15.3. The molecule has 3 rings (SSSR count). The number of hydrogen-bond donors (Lipinski definition) is 0. The van der Waals surface area contributed by atoms with Crippen LogP contribution in [0.5, 0.6) is 11.5 Å². The van der Waals surface area contributed by atoms with E-state index in [0.717, 1.165) is 28.9 Å². The van der Waals surface area contributed by atoms with Gasteiger partial charge < -0.3 is 13.9 Å². The summed E-state index contributed by atoms with van der Waals surface area (Å²) in [5.41, 5.74) is 2.69. The van der Waals surface area contributed by atoms with Crippen LogP contribution >= 0.6 is 0 Å². The Kier molecular flexibility index (Phi) is 6.05. The Morgan fingerprint density at radius 3 is 2.67 bits per heavy atom. The summed E-state index contributed by atoms with van der Waals surface area (Å²) in [5.74, 6) is 2.67. The topological polar surface area (TPSA) is 61.6 Å². The zero-order valence-corrected chi connectivity index (χ0v) is 15.3. The number of aromatic nitrogens is 1. The van der Waals surface area contributed by atoms with Crippen molar-refractivity contribution in [3.8, 4) is 23.0 Å². The molecule has 0 unspecified atom stereocenters. The highest BCUT2D eigenvalue weighted by Crippen LogP contribution is 2.29. The van der Waals surface area contributed by atoms with Gasteiger partial charge in [-0.25, -0.2) is 4.98 Å². The summed E-state index contributed by atoms with van der Waals surface area (Å²) in [6, 6.07) is 15.3. The fourth-order valence-electron chi connectivity index (χ4n) is 2.68. The third kappa shape index (κ3) is 4.64. The number of aldehydes is 1. The van der Waals surface area contributed by atoms with Gasteiger partial charge in [-0.3, -0.25) is 4.79 Å². The molecule has 0 atom stereocenters. The summed E-state index contributed by atoms with van der Waals surface area (Å²) < 4.78 is 17.0. The summed E-state index contributed by atoms with van der Waals surface area (Å²) in [6.45, 7) is 2.35. The van der Waals surface area contributed by atoms with Crippen LogP contribution in [-0.2, 0) is 11.2 Å². The first kappa shape index (κ1) is 18.5. The third-order valence-electron chi connectivity index (χ3n) is 4.06. The lowest BCUT2D eigenvalue weighted by molar-refractivity contribution is -0.104. The fourth-order valence-corrected chi connectivity index (χ4v) is 2.68. The van der Waals surface area contributed by atoms with Crippen molar-refractivity contribution in [2.75, 3.05) is 13.7 Å². The summed E-state index contributed by atoms with van der Waals surface area (Å²) >= 11 is 0. The molecule has 27 heavy (non-hydrogen) atoms. The van der Waals surface area contributed by atoms with Crippen LogP contribution in [0.4, 0.5) is 0 Å². The van der Waals surface area contributed by atoms with Gasteiger partial charge in [0, 0.05) is 12.0 Å². The number of oxazole rings is 1. The molecule has 0 aliphatic carbocycles. The molecule has 5 nitrogen and oxygen atoms in total. The number of methoxy groups -OCH3 is 1. The Hall–Kier alpha value is -3.34. The molecule has 138 valence electrons. The molecule has 3 aromatic rings. The molecule has 0 fully saturated rings. The van der Waals surface area contributed by atoms with E-state index in [4.69, 9.17) is 13.9 Å². The van der Waals surface area contributed by atoms with Crippen LogP contribution in [0.25, 0.3) is 17.5 Å². The first-order chi connectivity index (χ1) is 13.2. The van der Waals surface area contributed by atoms with Crippen molar-refractivity contribution in [2.24, 2.45) is 0 Å². The summed E-state index contributed by atoms with van der Waals surface area (Å²) in [7, 11) is 1.59. The first-order valence-electron chi connectivity index (χ1n) is 8.65. The van der Waals surface area contributed by atoms with Gasteiger partial charge in [-0.2, -0.15) is 0 Å². The quantitative estimate of drug-likeness (QED) is 0.436. The number of carbonyl (C=O) groups excluding carboxylic acids is 1. The van der Waals surface area contributed by atoms with Gasteiger partial charge in [-0.05, 0) is 42.8 Å². The number of benzene rings is 2. The van der Waals surface area contributed by atoms with Crippen molar-refractivity contribution < 1.29 is 18.7 Å². The maximum atomic E-state index is 10.4. The number of aryl methyl sites for hydroxylation is 1. The van der Waals surface area contributed by atoms with Crippen LogP contribution in [-0.4, -0.2) is 25.0 Å². The minimum absolute atomic E-state index is 0.446. The maximum absolute atomic E-state index is 10.4. The molecule has 0 aliphatic heterocycles. The number of nitrogens with zero attached hydrogens (tertiary/aromatic N) is 1. The molecule has 0 N–H and O–H groups in total. The Labute approximate surface area is 158 Å². The van der Waals surface area contributed by atoms with Gasteiger partial charge in [0.2, 0.25) is 5.89 Å². The molecule has 0 amide bonds. The highest BCUT2D eigenvalue weighted by Gasteiger charge is 2.12. The molecule has 5 heteroatoms. The van der Waals surface area contributed by atoms with Gasteiger partial charge in [-0.1, -0.05) is 30.3 Å². The second kappa shape index (κ2) is 8.85. The molecule has 0 saturated heterocycles. The maximum Gasteiger partial charge on any atom is 0.226 e. The minimum atomic E-state index is 0.446. The Morgan fingerprint density at radius 2 is 1.93 bits per heavy atom. The average molecular weight is 363 g/mol. The van der Waals surface area contributed by atoms with Crippen molar-refractivity contribution in [2.45, 2.75) is 13.3 Å². The van der Waals surface area contributed by atoms with Crippen molar-refractivity contribution in [3.05, 3.63) is 71.6 Å². The number of carbonyl (C=O) groups is 1. The molecule has 0 saturated carbocycles. The van der Waals surface area contributed by atoms with Gasteiger partial charge in [0.15, 0.2) is 11.5 Å². The zero-order chi connectivity index (χ0) is 19.1. The van der Waals surface area contributed by atoms with E-state index in [1.807, 2.05) is 55.5 Å². The second-order valence-corrected chi connectivity index (χ2v) is 5.89. The van der Waals surface area contributed by atoms with E-state index >= 15 is 0 Å². The predicted molar refractivity (Wildman–Crippen MR) is 104 cm³/mol. The van der Waals surface area contributed by atoms with Crippen LogP contribution < -0.4 is 9.47 Å².